The van der Waals surface area contributed by atoms with E-state index in [1.54, 1.807) is 19.1 Å². The maximum Gasteiger partial charge on any atom is 0.246 e. The first-order valence-electron chi connectivity index (χ1n) is 15.3. The first kappa shape index (κ1) is 32.5. The van der Waals surface area contributed by atoms with Gasteiger partial charge >= 0.3 is 0 Å². The third-order valence-electron chi connectivity index (χ3n) is 8.75. The Balaban J connectivity index is 1.78. The number of amides is 5. The number of rotatable bonds is 6. The van der Waals surface area contributed by atoms with Crippen molar-refractivity contribution in [2.45, 2.75) is 83.1 Å². The van der Waals surface area contributed by atoms with Crippen molar-refractivity contribution >= 4 is 29.5 Å². The molecule has 0 saturated carbocycles. The molecule has 2 aromatic carbocycles. The number of carbonyl (C=O) groups excluding carboxylic acids is 5. The van der Waals surface area contributed by atoms with Gasteiger partial charge in [0, 0.05) is 26.4 Å². The van der Waals surface area contributed by atoms with Crippen LogP contribution in [0.2, 0.25) is 0 Å². The zero-order valence-corrected chi connectivity index (χ0v) is 25.8. The van der Waals surface area contributed by atoms with E-state index in [4.69, 9.17) is 0 Å². The van der Waals surface area contributed by atoms with Crippen molar-refractivity contribution in [2.24, 2.45) is 5.92 Å². The molecule has 2 aliphatic rings. The van der Waals surface area contributed by atoms with Gasteiger partial charge in [-0.25, -0.2) is 0 Å². The van der Waals surface area contributed by atoms with Gasteiger partial charge in [-0.2, -0.15) is 0 Å². The molecular weight excluding hydrogens is 562 g/mol. The van der Waals surface area contributed by atoms with Crippen LogP contribution in [0.5, 0.6) is 5.75 Å². The zero-order valence-electron chi connectivity index (χ0n) is 25.8. The van der Waals surface area contributed by atoms with Crippen molar-refractivity contribution in [3.63, 3.8) is 0 Å². The van der Waals surface area contributed by atoms with Crippen LogP contribution in [0.4, 0.5) is 0 Å². The lowest BCUT2D eigenvalue weighted by atomic mass is 9.95. The molecular formula is C33H43N5O6. The monoisotopic (exact) mass is 605 g/mol. The summed E-state index contributed by atoms with van der Waals surface area (Å²) < 4.78 is 0. The molecule has 2 fully saturated rings. The summed E-state index contributed by atoms with van der Waals surface area (Å²) in [5, 5.41) is 18.3. The molecule has 11 nitrogen and oxygen atoms in total. The van der Waals surface area contributed by atoms with E-state index in [1.807, 2.05) is 44.2 Å². The first-order valence-corrected chi connectivity index (χ1v) is 15.3. The van der Waals surface area contributed by atoms with Crippen LogP contribution in [-0.2, 0) is 36.8 Å². The Morgan fingerprint density at radius 1 is 0.841 bits per heavy atom. The van der Waals surface area contributed by atoms with Gasteiger partial charge in [0.05, 0.1) is 0 Å². The largest absolute Gasteiger partial charge is 0.508 e. The molecule has 0 aromatic heterocycles. The third kappa shape index (κ3) is 7.56. The van der Waals surface area contributed by atoms with E-state index in [2.05, 4.69) is 16.0 Å². The second kappa shape index (κ2) is 14.4. The Morgan fingerprint density at radius 3 is 2.16 bits per heavy atom. The standard InChI is InChI=1S/C33H43N5O6/c1-5-20(2)28-33(44)37(4)27(19-22-10-7-6-8-11-22)31(42)35-25(18-23-13-15-24(39)16-14-23)32(43)38-17-9-12-26(38)30(41)34-21(3)29(40)36-28/h6-8,10-11,13-16,20-21,25-28,39H,5,9,12,17-19H2,1-4H3,(H,34,41)(H,35,42)(H,36,40)/t20-,21-,25-,26-,27+,28-/m0/s1. The maximum absolute atomic E-state index is 14.1. The van der Waals surface area contributed by atoms with E-state index in [-0.39, 0.29) is 24.5 Å². The molecule has 11 heteroatoms. The normalized spacial score (nSPS) is 26.2. The van der Waals surface area contributed by atoms with Crippen LogP contribution in [0, 0.1) is 5.92 Å². The van der Waals surface area contributed by atoms with Gasteiger partial charge in [-0.05, 0) is 48.9 Å². The van der Waals surface area contributed by atoms with Gasteiger partial charge < -0.3 is 30.9 Å². The van der Waals surface area contributed by atoms with Gasteiger partial charge in [0.2, 0.25) is 29.5 Å². The predicted octanol–water partition coefficient (Wildman–Crippen LogP) is 1.53. The van der Waals surface area contributed by atoms with Gasteiger partial charge in [0.1, 0.15) is 36.0 Å². The van der Waals surface area contributed by atoms with Crippen LogP contribution in [0.25, 0.3) is 0 Å². The van der Waals surface area contributed by atoms with E-state index in [0.29, 0.717) is 31.4 Å². The molecule has 0 unspecified atom stereocenters. The summed E-state index contributed by atoms with van der Waals surface area (Å²) in [6.45, 7) is 5.63. The number of hydrogen-bond donors (Lipinski definition) is 4. The highest BCUT2D eigenvalue weighted by atomic mass is 16.3. The lowest BCUT2D eigenvalue weighted by Crippen LogP contribution is -2.59. The number of nitrogens with one attached hydrogen (secondary N) is 3. The minimum absolute atomic E-state index is 0.0682. The average molecular weight is 606 g/mol. The molecule has 0 spiro atoms. The molecule has 4 N–H and O–H groups in total. The molecule has 0 bridgehead atoms. The van der Waals surface area contributed by atoms with Crippen LogP contribution >= 0.6 is 0 Å². The van der Waals surface area contributed by atoms with Gasteiger partial charge in [-0.3, -0.25) is 24.0 Å². The fraction of sp³-hybridized carbons (Fsp3) is 0.485. The Morgan fingerprint density at radius 2 is 1.50 bits per heavy atom. The van der Waals surface area contributed by atoms with Gasteiger partial charge in [-0.1, -0.05) is 62.7 Å². The number of hydrogen-bond acceptors (Lipinski definition) is 6. The highest BCUT2D eigenvalue weighted by molar-refractivity contribution is 5.98. The van der Waals surface area contributed by atoms with Crippen LogP contribution in [0.1, 0.15) is 51.2 Å². The average Bonchev–Trinajstić information content (AvgIpc) is 3.52. The number of carbonyl (C=O) groups is 5. The number of fused-ring (bicyclic) bond motifs is 1. The van der Waals surface area contributed by atoms with Gasteiger partial charge in [0.15, 0.2) is 0 Å². The summed E-state index contributed by atoms with van der Waals surface area (Å²) in [6, 6.07) is 10.9. The quantitative estimate of drug-likeness (QED) is 0.393. The van der Waals surface area contributed by atoms with Crippen LogP contribution in [-0.4, -0.2) is 88.2 Å². The van der Waals surface area contributed by atoms with E-state index in [9.17, 15) is 29.1 Å². The molecule has 2 aliphatic heterocycles. The number of phenols is 1. The molecule has 44 heavy (non-hydrogen) atoms. The Kier molecular flexibility index (Phi) is 10.6. The summed E-state index contributed by atoms with van der Waals surface area (Å²) in [6.07, 6.45) is 1.88. The third-order valence-corrected chi connectivity index (χ3v) is 8.75. The first-order chi connectivity index (χ1) is 21.0. The molecule has 236 valence electrons. The molecule has 0 aliphatic carbocycles. The number of benzene rings is 2. The van der Waals surface area contributed by atoms with E-state index in [0.717, 1.165) is 5.56 Å². The number of likely N-dealkylation sites (N-methyl/N-ethyl adjacent to an activating group) is 1. The van der Waals surface area contributed by atoms with Crippen molar-refractivity contribution in [1.29, 1.82) is 0 Å². The summed E-state index contributed by atoms with van der Waals surface area (Å²) in [5.41, 5.74) is 1.52. The number of aromatic hydroxyl groups is 1. The minimum Gasteiger partial charge on any atom is -0.508 e. The van der Waals surface area contributed by atoms with Crippen LogP contribution < -0.4 is 16.0 Å². The van der Waals surface area contributed by atoms with Crippen LogP contribution in [0.15, 0.2) is 54.6 Å². The Bertz CT molecular complexity index is 1350. The molecule has 5 amide bonds. The lowest BCUT2D eigenvalue weighted by molar-refractivity contribution is -0.144. The second-order valence-corrected chi connectivity index (χ2v) is 11.9. The van der Waals surface area contributed by atoms with Crippen LogP contribution in [0.3, 0.4) is 0 Å². The molecule has 6 atom stereocenters. The van der Waals surface area contributed by atoms with Crippen molar-refractivity contribution in [3.8, 4) is 5.75 Å². The fourth-order valence-corrected chi connectivity index (χ4v) is 5.79. The molecule has 0 radical (unpaired) electrons. The summed E-state index contributed by atoms with van der Waals surface area (Å²) >= 11 is 0. The van der Waals surface area contributed by atoms with E-state index < -0.39 is 59.7 Å². The SMILES string of the molecule is CC[C@H](C)[C@@H]1NC(=O)[C@H](C)NC(=O)[C@@H]2CCCN2C(=O)[C@H](Cc2ccc(O)cc2)NC(=O)[C@@H](Cc2ccccc2)N(C)C1=O. The maximum atomic E-state index is 14.1. The van der Waals surface area contributed by atoms with Crippen molar-refractivity contribution < 1.29 is 29.1 Å². The minimum atomic E-state index is -1.05. The summed E-state index contributed by atoms with van der Waals surface area (Å²) in [7, 11) is 1.54. The number of nitrogens with zero attached hydrogens (tertiary/aromatic N) is 2. The Hall–Kier alpha value is -4.41. The lowest BCUT2D eigenvalue weighted by Gasteiger charge is -2.34. The van der Waals surface area contributed by atoms with E-state index in [1.165, 1.54) is 29.0 Å². The number of phenolic OH excluding ortho intramolecular Hbond substituents is 1. The molecule has 2 aromatic rings. The molecule has 2 saturated heterocycles. The zero-order chi connectivity index (χ0) is 32.0. The van der Waals surface area contributed by atoms with Gasteiger partial charge in [-0.15, -0.1) is 0 Å². The van der Waals surface area contributed by atoms with E-state index >= 15 is 0 Å². The molecule has 4 rings (SSSR count). The Labute approximate surface area is 258 Å². The van der Waals surface area contributed by atoms with Crippen molar-refractivity contribution in [3.05, 3.63) is 65.7 Å². The molecule has 2 heterocycles. The van der Waals surface area contributed by atoms with Crippen molar-refractivity contribution in [2.75, 3.05) is 13.6 Å². The fourth-order valence-electron chi connectivity index (χ4n) is 5.79. The van der Waals surface area contributed by atoms with Gasteiger partial charge in [0.25, 0.3) is 0 Å². The smallest absolute Gasteiger partial charge is 0.246 e. The highest BCUT2D eigenvalue weighted by Crippen LogP contribution is 2.22. The summed E-state index contributed by atoms with van der Waals surface area (Å²) in [4.78, 5) is 71.7. The predicted molar refractivity (Wildman–Crippen MR) is 164 cm³/mol. The topological polar surface area (TPSA) is 148 Å². The highest BCUT2D eigenvalue weighted by Gasteiger charge is 2.41. The van der Waals surface area contributed by atoms with Crippen molar-refractivity contribution in [1.82, 2.24) is 25.8 Å². The second-order valence-electron chi connectivity index (χ2n) is 11.9. The summed E-state index contributed by atoms with van der Waals surface area (Å²) in [5.74, 6) is -2.58.